The van der Waals surface area contributed by atoms with E-state index in [0.717, 1.165) is 65.6 Å². The van der Waals surface area contributed by atoms with Gasteiger partial charge >= 0.3 is 0 Å². The van der Waals surface area contributed by atoms with Gasteiger partial charge in [-0.05, 0) is 91.6 Å². The molecule has 1 aromatic heterocycles. The van der Waals surface area contributed by atoms with Gasteiger partial charge in [0.25, 0.3) is 0 Å². The van der Waals surface area contributed by atoms with Crippen LogP contribution in [0.15, 0.2) is 54.6 Å². The minimum absolute atomic E-state index is 0.0906. The van der Waals surface area contributed by atoms with Gasteiger partial charge in [-0.1, -0.05) is 36.4 Å². The average Bonchev–Trinajstić information content (AvgIpc) is 3.42. The van der Waals surface area contributed by atoms with Crippen LogP contribution in [0.3, 0.4) is 0 Å². The lowest BCUT2D eigenvalue weighted by atomic mass is 9.91. The van der Waals surface area contributed by atoms with E-state index in [1.807, 2.05) is 28.8 Å². The van der Waals surface area contributed by atoms with Crippen molar-refractivity contribution < 1.29 is 9.18 Å². The molecule has 1 atom stereocenters. The molecule has 1 saturated carbocycles. The average molecular weight is 454 g/mol. The fourth-order valence-corrected chi connectivity index (χ4v) is 5.22. The third-order valence-electron chi connectivity index (χ3n) is 7.52. The van der Waals surface area contributed by atoms with Crippen LogP contribution in [0.4, 0.5) is 4.39 Å². The fourth-order valence-electron chi connectivity index (χ4n) is 5.22. The van der Waals surface area contributed by atoms with Crippen molar-refractivity contribution >= 4 is 16.9 Å². The Morgan fingerprint density at radius 3 is 2.21 bits per heavy atom. The van der Waals surface area contributed by atoms with Gasteiger partial charge in [0, 0.05) is 18.0 Å². The molecular formula is C29H28FN3O. The van der Waals surface area contributed by atoms with Crippen LogP contribution in [0.25, 0.3) is 33.5 Å². The predicted octanol–water partition coefficient (Wildman–Crippen LogP) is 6.25. The molecule has 3 aromatic carbocycles. The predicted molar refractivity (Wildman–Crippen MR) is 134 cm³/mol. The zero-order chi connectivity index (χ0) is 23.4. The van der Waals surface area contributed by atoms with Crippen LogP contribution in [-0.4, -0.2) is 28.5 Å². The number of aromatic nitrogens is 2. The second kappa shape index (κ2) is 8.17. The molecule has 1 aliphatic heterocycles. The number of halogens is 1. The molecule has 1 aliphatic carbocycles. The lowest BCUT2D eigenvalue weighted by Crippen LogP contribution is -2.14. The molecule has 0 radical (unpaired) electrons. The number of nitrogens with one attached hydrogen (secondary N) is 1. The van der Waals surface area contributed by atoms with Crippen LogP contribution in [0.1, 0.15) is 46.7 Å². The Hall–Kier alpha value is -3.31. The zero-order valence-corrected chi connectivity index (χ0v) is 19.6. The summed E-state index contributed by atoms with van der Waals surface area (Å²) in [7, 11) is 0. The Morgan fingerprint density at radius 1 is 0.941 bits per heavy atom. The van der Waals surface area contributed by atoms with Gasteiger partial charge in [-0.25, -0.2) is 9.37 Å². The number of benzene rings is 3. The topological polar surface area (TPSA) is 46.9 Å². The van der Waals surface area contributed by atoms with Gasteiger partial charge in [0.15, 0.2) is 0 Å². The number of imidazole rings is 1. The van der Waals surface area contributed by atoms with Gasteiger partial charge < -0.3 is 5.32 Å². The molecule has 0 amide bonds. The molecule has 1 saturated heterocycles. The molecule has 0 spiro atoms. The van der Waals surface area contributed by atoms with Crippen molar-refractivity contribution in [2.24, 2.45) is 5.92 Å². The first-order valence-electron chi connectivity index (χ1n) is 12.1. The summed E-state index contributed by atoms with van der Waals surface area (Å²) >= 11 is 0. The number of aryl methyl sites for hydroxylation is 1. The quantitative estimate of drug-likeness (QED) is 0.397. The second-order valence-electron chi connectivity index (χ2n) is 9.74. The fraction of sp³-hybridized carbons (Fsp3) is 0.310. The lowest BCUT2D eigenvalue weighted by Gasteiger charge is -2.16. The van der Waals surface area contributed by atoms with Gasteiger partial charge in [-0.15, -0.1) is 0 Å². The van der Waals surface area contributed by atoms with E-state index in [9.17, 15) is 9.18 Å². The third kappa shape index (κ3) is 3.55. The van der Waals surface area contributed by atoms with Crippen LogP contribution in [0.5, 0.6) is 0 Å². The molecule has 4 nitrogen and oxygen atoms in total. The van der Waals surface area contributed by atoms with E-state index in [0.29, 0.717) is 11.7 Å². The highest BCUT2D eigenvalue weighted by Gasteiger charge is 2.34. The molecule has 34 heavy (non-hydrogen) atoms. The summed E-state index contributed by atoms with van der Waals surface area (Å²) in [6, 6.07) is 16.8. The van der Waals surface area contributed by atoms with Crippen molar-refractivity contribution in [2.45, 2.75) is 39.0 Å². The highest BCUT2D eigenvalue weighted by molar-refractivity contribution is 5.98. The summed E-state index contributed by atoms with van der Waals surface area (Å²) in [5.74, 6) is 1.18. The van der Waals surface area contributed by atoms with E-state index in [1.165, 1.54) is 23.3 Å². The van der Waals surface area contributed by atoms with Crippen LogP contribution in [-0.2, 0) is 0 Å². The first-order chi connectivity index (χ1) is 16.5. The second-order valence-corrected chi connectivity index (χ2v) is 9.74. The van der Waals surface area contributed by atoms with E-state index < -0.39 is 0 Å². The normalized spacial score (nSPS) is 18.0. The zero-order valence-electron chi connectivity index (χ0n) is 19.6. The van der Waals surface area contributed by atoms with E-state index >= 15 is 0 Å². The van der Waals surface area contributed by atoms with Crippen molar-refractivity contribution in [1.82, 2.24) is 14.9 Å². The number of hydrogen-bond donors (Lipinski definition) is 1. The van der Waals surface area contributed by atoms with Crippen molar-refractivity contribution in [3.05, 3.63) is 77.1 Å². The van der Waals surface area contributed by atoms with Crippen molar-refractivity contribution in [1.29, 1.82) is 0 Å². The van der Waals surface area contributed by atoms with Gasteiger partial charge in [-0.3, -0.25) is 9.36 Å². The summed E-state index contributed by atoms with van der Waals surface area (Å²) in [6.07, 6.45) is 3.02. The molecule has 0 bridgehead atoms. The van der Waals surface area contributed by atoms with E-state index in [1.54, 1.807) is 12.1 Å². The number of fused-ring (bicyclic) bond motifs is 1. The molecule has 1 N–H and O–H groups in total. The van der Waals surface area contributed by atoms with E-state index in [2.05, 4.69) is 25.2 Å². The van der Waals surface area contributed by atoms with Crippen LogP contribution < -0.4 is 5.32 Å². The number of nitrogens with zero attached hydrogens (tertiary/aromatic N) is 2. The molecule has 2 heterocycles. The molecule has 2 aliphatic rings. The summed E-state index contributed by atoms with van der Waals surface area (Å²) < 4.78 is 15.2. The van der Waals surface area contributed by atoms with E-state index in [-0.39, 0.29) is 17.6 Å². The summed E-state index contributed by atoms with van der Waals surface area (Å²) in [5, 5.41) is 3.47. The summed E-state index contributed by atoms with van der Waals surface area (Å²) in [4.78, 5) is 18.5. The highest BCUT2D eigenvalue weighted by atomic mass is 19.1. The first-order valence-corrected chi connectivity index (χ1v) is 12.1. The molecule has 2 fully saturated rings. The Balaban J connectivity index is 1.50. The first kappa shape index (κ1) is 21.2. The van der Waals surface area contributed by atoms with E-state index in [4.69, 9.17) is 4.98 Å². The molecular weight excluding hydrogens is 425 g/mol. The Morgan fingerprint density at radius 2 is 1.59 bits per heavy atom. The minimum Gasteiger partial charge on any atom is -0.316 e. The molecule has 1 unspecified atom stereocenters. The van der Waals surface area contributed by atoms with Crippen molar-refractivity contribution in [3.63, 3.8) is 0 Å². The van der Waals surface area contributed by atoms with Gasteiger partial charge in [0.05, 0.1) is 11.0 Å². The summed E-state index contributed by atoms with van der Waals surface area (Å²) in [5.41, 5.74) is 8.49. The van der Waals surface area contributed by atoms with Crippen molar-refractivity contribution in [3.8, 4) is 22.5 Å². The van der Waals surface area contributed by atoms with Crippen LogP contribution >= 0.6 is 0 Å². The van der Waals surface area contributed by atoms with Crippen LogP contribution in [0.2, 0.25) is 0 Å². The molecule has 4 aromatic rings. The number of rotatable bonds is 4. The Labute approximate surface area is 198 Å². The minimum atomic E-state index is -0.244. The maximum absolute atomic E-state index is 13.5. The monoisotopic (exact) mass is 453 g/mol. The van der Waals surface area contributed by atoms with Crippen molar-refractivity contribution in [2.75, 3.05) is 13.1 Å². The van der Waals surface area contributed by atoms with Crippen LogP contribution in [0, 0.1) is 25.6 Å². The number of hydrogen-bond acceptors (Lipinski definition) is 3. The lowest BCUT2D eigenvalue weighted by molar-refractivity contribution is 0.0893. The van der Waals surface area contributed by atoms with Gasteiger partial charge in [0.1, 0.15) is 11.6 Å². The number of carbonyl (C=O) groups is 1. The largest absolute Gasteiger partial charge is 0.316 e. The summed E-state index contributed by atoms with van der Waals surface area (Å²) in [6.45, 7) is 6.33. The maximum Gasteiger partial charge on any atom is 0.235 e. The molecule has 172 valence electrons. The Bertz CT molecular complexity index is 1390. The standard InChI is InChI=1S/C29H28FN3O/c1-17-18(2)27-26(15-25(17)23-13-14-31-16-23)33(29(34)22-7-8-22)28(32-27)21-5-3-19(4-6-21)20-9-11-24(30)12-10-20/h3-6,9-12,15,22-23,31H,7-8,13-14,16H2,1-2H3. The smallest absolute Gasteiger partial charge is 0.235 e. The maximum atomic E-state index is 13.5. The number of carbonyl (C=O) groups excluding carboxylic acids is 1. The molecule has 5 heteroatoms. The Kier molecular flexibility index (Phi) is 5.10. The molecule has 6 rings (SSSR count). The van der Waals surface area contributed by atoms with Gasteiger partial charge in [-0.2, -0.15) is 0 Å². The SMILES string of the molecule is Cc1c(C2CCNC2)cc2c(nc(-c3ccc(-c4ccc(F)cc4)cc3)n2C(=O)C2CC2)c1C. The third-order valence-corrected chi connectivity index (χ3v) is 7.52. The van der Waals surface area contributed by atoms with Gasteiger partial charge in [0.2, 0.25) is 5.91 Å². The highest BCUT2D eigenvalue weighted by Crippen LogP contribution is 2.38.